The van der Waals surface area contributed by atoms with E-state index < -0.39 is 5.60 Å². The van der Waals surface area contributed by atoms with Gasteiger partial charge in [0.15, 0.2) is 0 Å². The van der Waals surface area contributed by atoms with Gasteiger partial charge in [-0.2, -0.15) is 5.10 Å². The Balaban J connectivity index is 1.63. The monoisotopic (exact) mass is 476 g/mol. The number of aryl methyl sites for hydroxylation is 1. The van der Waals surface area contributed by atoms with Crippen LogP contribution in [0.4, 0.5) is 4.79 Å². The molecule has 0 spiro atoms. The first kappa shape index (κ1) is 27.0. The average Bonchev–Trinajstić information content (AvgIpc) is 3.36. The van der Waals surface area contributed by atoms with Crippen molar-refractivity contribution in [2.75, 3.05) is 40.4 Å². The van der Waals surface area contributed by atoms with E-state index in [-0.39, 0.29) is 6.09 Å². The lowest BCUT2D eigenvalue weighted by atomic mass is 9.67. The lowest BCUT2D eigenvalue weighted by Crippen LogP contribution is -2.38. The number of aromatic nitrogens is 2. The highest BCUT2D eigenvalue weighted by atomic mass is 16.6. The molecule has 1 aromatic heterocycles. The second-order valence-corrected chi connectivity index (χ2v) is 11.5. The highest BCUT2D eigenvalue weighted by Gasteiger charge is 2.37. The van der Waals surface area contributed by atoms with Gasteiger partial charge in [-0.1, -0.05) is 6.92 Å². The van der Waals surface area contributed by atoms with E-state index in [0.29, 0.717) is 17.9 Å². The molecule has 0 radical (unpaired) electrons. The van der Waals surface area contributed by atoms with Crippen LogP contribution in [0.2, 0.25) is 0 Å². The molecule has 0 N–H and O–H groups in total. The number of carbonyl (C=O) groups excluding carboxylic acids is 1. The van der Waals surface area contributed by atoms with Crippen molar-refractivity contribution in [3.8, 4) is 0 Å². The van der Waals surface area contributed by atoms with Gasteiger partial charge in [0.05, 0.1) is 12.3 Å². The Morgan fingerprint density at radius 3 is 2.50 bits per heavy atom. The van der Waals surface area contributed by atoms with Crippen LogP contribution >= 0.6 is 0 Å². The third-order valence-corrected chi connectivity index (χ3v) is 7.72. The minimum Gasteiger partial charge on any atom is -0.444 e. The number of likely N-dealkylation sites (N-methyl/N-ethyl adjacent to an activating group) is 2. The number of rotatable bonds is 10. The van der Waals surface area contributed by atoms with Crippen LogP contribution in [-0.2, 0) is 29.0 Å². The van der Waals surface area contributed by atoms with Crippen LogP contribution in [0.3, 0.4) is 0 Å². The number of fused-ring (bicyclic) bond motifs is 1. The first-order chi connectivity index (χ1) is 16.1. The van der Waals surface area contributed by atoms with E-state index in [4.69, 9.17) is 14.6 Å². The molecule has 1 saturated carbocycles. The van der Waals surface area contributed by atoms with Crippen molar-refractivity contribution < 1.29 is 14.3 Å². The zero-order chi connectivity index (χ0) is 24.9. The maximum absolute atomic E-state index is 12.3. The van der Waals surface area contributed by atoms with E-state index in [0.717, 1.165) is 39.3 Å². The van der Waals surface area contributed by atoms with Crippen molar-refractivity contribution in [1.82, 2.24) is 19.6 Å². The molecule has 1 aliphatic carbocycles. The van der Waals surface area contributed by atoms with Gasteiger partial charge in [0.1, 0.15) is 5.60 Å². The summed E-state index contributed by atoms with van der Waals surface area (Å²) in [4.78, 5) is 16.2. The molecule has 2 heterocycles. The number of hydrogen-bond acceptors (Lipinski definition) is 5. The Labute approximate surface area is 207 Å². The summed E-state index contributed by atoms with van der Waals surface area (Å²) in [6, 6.07) is 0. The van der Waals surface area contributed by atoms with Crippen LogP contribution in [-0.4, -0.2) is 71.7 Å². The summed E-state index contributed by atoms with van der Waals surface area (Å²) in [5.41, 5.74) is 4.14. The number of ether oxygens (including phenoxy) is 2. The second-order valence-electron chi connectivity index (χ2n) is 11.5. The minimum absolute atomic E-state index is 0.267. The fourth-order valence-corrected chi connectivity index (χ4v) is 5.52. The molecule has 194 valence electrons. The van der Waals surface area contributed by atoms with Crippen molar-refractivity contribution in [2.24, 2.45) is 5.41 Å². The van der Waals surface area contributed by atoms with Crippen LogP contribution in [0.5, 0.6) is 0 Å². The van der Waals surface area contributed by atoms with Gasteiger partial charge in [0.25, 0.3) is 0 Å². The largest absolute Gasteiger partial charge is 0.444 e. The Bertz CT molecular complexity index is 806. The maximum atomic E-state index is 12.3. The highest BCUT2D eigenvalue weighted by molar-refractivity contribution is 5.67. The molecule has 0 saturated heterocycles. The van der Waals surface area contributed by atoms with E-state index in [1.165, 1.54) is 55.5 Å². The lowest BCUT2D eigenvalue weighted by molar-refractivity contribution is 0.0192. The summed E-state index contributed by atoms with van der Waals surface area (Å²) < 4.78 is 13.6. The molecule has 7 heteroatoms. The van der Waals surface area contributed by atoms with Gasteiger partial charge in [-0.05, 0) is 91.0 Å². The highest BCUT2D eigenvalue weighted by Crippen LogP contribution is 2.47. The molecule has 0 aromatic carbocycles. The number of hydrogen-bond donors (Lipinski definition) is 0. The van der Waals surface area contributed by atoms with Crippen molar-refractivity contribution in [3.63, 3.8) is 0 Å². The molecule has 7 nitrogen and oxygen atoms in total. The summed E-state index contributed by atoms with van der Waals surface area (Å²) in [6.07, 6.45) is 8.26. The van der Waals surface area contributed by atoms with E-state index in [1.807, 2.05) is 27.8 Å². The Kier molecular flexibility index (Phi) is 9.07. The molecular formula is C27H48N4O3. The van der Waals surface area contributed by atoms with Crippen LogP contribution in [0.25, 0.3) is 0 Å². The summed E-state index contributed by atoms with van der Waals surface area (Å²) >= 11 is 0. The molecule has 2 aliphatic rings. The van der Waals surface area contributed by atoms with Crippen LogP contribution in [0.15, 0.2) is 0 Å². The molecule has 34 heavy (non-hydrogen) atoms. The fourth-order valence-electron chi connectivity index (χ4n) is 5.52. The molecule has 1 amide bonds. The second kappa shape index (κ2) is 11.4. The quantitative estimate of drug-likeness (QED) is 0.463. The summed E-state index contributed by atoms with van der Waals surface area (Å²) in [5.74, 6) is 0.607. The molecule has 1 aromatic rings. The van der Waals surface area contributed by atoms with Gasteiger partial charge in [-0.15, -0.1) is 0 Å². The standard InChI is InChI=1S/C27H48N4O3/c1-8-27(20-33-9-2)14-12-21(13-15-27)24-22(28-31-16-10-11-23(24)31)19-29(6)17-18-30(7)25(32)34-26(3,4)5/h21H,8-20H2,1-7H3. The molecule has 3 rings (SSSR count). The summed E-state index contributed by atoms with van der Waals surface area (Å²) in [5, 5.41) is 5.07. The van der Waals surface area contributed by atoms with Gasteiger partial charge in [-0.3, -0.25) is 9.58 Å². The van der Waals surface area contributed by atoms with Crippen LogP contribution in [0.1, 0.15) is 96.0 Å². The zero-order valence-electron chi connectivity index (χ0n) is 22.8. The Morgan fingerprint density at radius 2 is 1.88 bits per heavy atom. The third-order valence-electron chi connectivity index (χ3n) is 7.72. The average molecular weight is 477 g/mol. The molecule has 1 aliphatic heterocycles. The fraction of sp³-hybridized carbons (Fsp3) is 0.852. The van der Waals surface area contributed by atoms with Crippen molar-refractivity contribution >= 4 is 6.09 Å². The number of amides is 1. The predicted octanol–water partition coefficient (Wildman–Crippen LogP) is 5.22. The third kappa shape index (κ3) is 6.75. The van der Waals surface area contributed by atoms with Gasteiger partial charge < -0.3 is 14.4 Å². The van der Waals surface area contributed by atoms with E-state index in [1.54, 1.807) is 4.90 Å². The van der Waals surface area contributed by atoms with Gasteiger partial charge in [0.2, 0.25) is 0 Å². The molecule has 1 fully saturated rings. The van der Waals surface area contributed by atoms with E-state index in [9.17, 15) is 4.79 Å². The summed E-state index contributed by atoms with van der Waals surface area (Å²) in [7, 11) is 3.94. The molecule has 0 atom stereocenters. The normalized spacial score (nSPS) is 22.8. The first-order valence-electron chi connectivity index (χ1n) is 13.4. The van der Waals surface area contributed by atoms with Crippen molar-refractivity contribution in [3.05, 3.63) is 17.0 Å². The maximum Gasteiger partial charge on any atom is 0.410 e. The SMILES string of the molecule is CCOCC1(CC)CCC(c2c(CN(C)CCN(C)C(=O)OC(C)(C)C)nn3c2CCC3)CC1. The molecule has 0 unspecified atom stereocenters. The van der Waals surface area contributed by atoms with Gasteiger partial charge >= 0.3 is 6.09 Å². The Hall–Kier alpha value is -1.60. The van der Waals surface area contributed by atoms with Gasteiger partial charge in [0, 0.05) is 51.1 Å². The summed E-state index contributed by atoms with van der Waals surface area (Å²) in [6.45, 7) is 15.1. The molecule has 0 bridgehead atoms. The predicted molar refractivity (Wildman–Crippen MR) is 136 cm³/mol. The van der Waals surface area contributed by atoms with Crippen molar-refractivity contribution in [2.45, 2.75) is 104 Å². The first-order valence-corrected chi connectivity index (χ1v) is 13.4. The van der Waals surface area contributed by atoms with E-state index in [2.05, 4.69) is 30.5 Å². The Morgan fingerprint density at radius 1 is 1.18 bits per heavy atom. The molecular weight excluding hydrogens is 428 g/mol. The van der Waals surface area contributed by atoms with Crippen LogP contribution < -0.4 is 0 Å². The topological polar surface area (TPSA) is 59.8 Å². The smallest absolute Gasteiger partial charge is 0.410 e. The minimum atomic E-state index is -0.471. The van der Waals surface area contributed by atoms with Crippen molar-refractivity contribution in [1.29, 1.82) is 0 Å². The van der Waals surface area contributed by atoms with Crippen LogP contribution in [0, 0.1) is 5.41 Å². The van der Waals surface area contributed by atoms with Gasteiger partial charge in [-0.25, -0.2) is 4.79 Å². The number of carbonyl (C=O) groups is 1. The van der Waals surface area contributed by atoms with E-state index >= 15 is 0 Å². The number of nitrogens with zero attached hydrogens (tertiary/aromatic N) is 4. The lowest BCUT2D eigenvalue weighted by Gasteiger charge is -2.40. The zero-order valence-corrected chi connectivity index (χ0v) is 22.8.